The molecular weight excluding hydrogens is 406 g/mol. The molecule has 0 saturated heterocycles. The molecule has 0 aliphatic carbocycles. The fourth-order valence-electron chi connectivity index (χ4n) is 3.68. The number of ether oxygens (including phenoxy) is 1. The summed E-state index contributed by atoms with van der Waals surface area (Å²) in [6, 6.07) is 20.3. The number of para-hydroxylation sites is 3. The van der Waals surface area contributed by atoms with Crippen molar-refractivity contribution in [2.45, 2.75) is 6.54 Å². The number of phenolic OH excluding ortho intramolecular Hbond substituents is 1. The van der Waals surface area contributed by atoms with E-state index in [0.29, 0.717) is 17.0 Å². The first-order chi connectivity index (χ1) is 15.6. The average Bonchev–Trinajstić information content (AvgIpc) is 3.11. The standard InChI is InChI=1S/C24H19N5O3/c1-32-21-12-15(10-11-20(21)30)13-25-28-22(31)14-29-19-9-5-2-6-16(19)23-24(29)27-18-8-4-3-7-17(18)26-23/h2-13,30H,14H2,1H3,(H,28,31)/b25-13+. The molecule has 0 aliphatic rings. The highest BCUT2D eigenvalue weighted by molar-refractivity contribution is 6.07. The number of hydrogen-bond donors (Lipinski definition) is 2. The number of methoxy groups -OCH3 is 1. The van der Waals surface area contributed by atoms with E-state index in [4.69, 9.17) is 14.7 Å². The molecule has 8 nitrogen and oxygen atoms in total. The van der Waals surface area contributed by atoms with Crippen LogP contribution >= 0.6 is 0 Å². The van der Waals surface area contributed by atoms with E-state index in [1.54, 1.807) is 12.1 Å². The van der Waals surface area contributed by atoms with Gasteiger partial charge in [-0.2, -0.15) is 5.10 Å². The Kier molecular flexibility index (Phi) is 4.87. The maximum absolute atomic E-state index is 12.7. The third-order valence-electron chi connectivity index (χ3n) is 5.17. The van der Waals surface area contributed by atoms with Crippen LogP contribution < -0.4 is 10.2 Å². The zero-order chi connectivity index (χ0) is 22.1. The maximum Gasteiger partial charge on any atom is 0.260 e. The lowest BCUT2D eigenvalue weighted by molar-refractivity contribution is -0.121. The smallest absolute Gasteiger partial charge is 0.260 e. The molecule has 0 atom stereocenters. The van der Waals surface area contributed by atoms with Crippen LogP contribution in [0.1, 0.15) is 5.56 Å². The van der Waals surface area contributed by atoms with Crippen LogP contribution in [0.4, 0.5) is 0 Å². The number of amides is 1. The number of rotatable bonds is 5. The second kappa shape index (κ2) is 7.99. The molecule has 5 rings (SSSR count). The van der Waals surface area contributed by atoms with E-state index >= 15 is 0 Å². The monoisotopic (exact) mass is 425 g/mol. The number of carbonyl (C=O) groups is 1. The summed E-state index contributed by atoms with van der Waals surface area (Å²) in [4.78, 5) is 22.2. The first-order valence-electron chi connectivity index (χ1n) is 9.96. The molecule has 5 aromatic rings. The van der Waals surface area contributed by atoms with E-state index in [0.717, 1.165) is 27.5 Å². The van der Waals surface area contributed by atoms with Gasteiger partial charge in [-0.05, 0) is 42.0 Å². The summed E-state index contributed by atoms with van der Waals surface area (Å²) in [5.41, 5.74) is 7.07. The Bertz CT molecular complexity index is 1510. The number of aromatic hydroxyl groups is 1. The van der Waals surface area contributed by atoms with Gasteiger partial charge in [-0.3, -0.25) is 4.79 Å². The van der Waals surface area contributed by atoms with Crippen molar-refractivity contribution in [3.05, 3.63) is 72.3 Å². The molecular formula is C24H19N5O3. The molecule has 3 aromatic carbocycles. The van der Waals surface area contributed by atoms with Crippen LogP contribution in [0.15, 0.2) is 71.8 Å². The molecule has 0 bridgehead atoms. The lowest BCUT2D eigenvalue weighted by Crippen LogP contribution is -2.23. The van der Waals surface area contributed by atoms with Crippen LogP contribution in [-0.4, -0.2) is 38.9 Å². The summed E-state index contributed by atoms with van der Waals surface area (Å²) < 4.78 is 6.93. The number of hydrogen-bond acceptors (Lipinski definition) is 6. The molecule has 0 fully saturated rings. The first-order valence-corrected chi connectivity index (χ1v) is 9.96. The number of benzene rings is 3. The van der Waals surface area contributed by atoms with Gasteiger partial charge in [0.15, 0.2) is 17.1 Å². The Morgan fingerprint density at radius 2 is 1.84 bits per heavy atom. The number of aromatic nitrogens is 3. The summed E-state index contributed by atoms with van der Waals surface area (Å²) in [6.07, 6.45) is 1.49. The van der Waals surface area contributed by atoms with Crippen molar-refractivity contribution in [3.8, 4) is 11.5 Å². The Labute approximate surface area is 182 Å². The third kappa shape index (κ3) is 3.47. The highest BCUT2D eigenvalue weighted by Gasteiger charge is 2.16. The van der Waals surface area contributed by atoms with Gasteiger partial charge in [-0.1, -0.05) is 30.3 Å². The lowest BCUT2D eigenvalue weighted by Gasteiger charge is -2.06. The van der Waals surface area contributed by atoms with Crippen molar-refractivity contribution in [1.82, 2.24) is 20.0 Å². The number of carbonyl (C=O) groups excluding carboxylic acids is 1. The van der Waals surface area contributed by atoms with Gasteiger partial charge in [0.2, 0.25) is 0 Å². The van der Waals surface area contributed by atoms with E-state index in [9.17, 15) is 9.90 Å². The predicted octanol–water partition coefficient (Wildman–Crippen LogP) is 3.60. The van der Waals surface area contributed by atoms with Crippen LogP contribution in [0.3, 0.4) is 0 Å². The summed E-state index contributed by atoms with van der Waals surface area (Å²) in [5.74, 6) is 0.0645. The number of nitrogens with one attached hydrogen (secondary N) is 1. The molecule has 0 spiro atoms. The first kappa shape index (κ1) is 19.5. The van der Waals surface area contributed by atoms with Crippen molar-refractivity contribution < 1.29 is 14.6 Å². The molecule has 0 radical (unpaired) electrons. The lowest BCUT2D eigenvalue weighted by atomic mass is 10.2. The van der Waals surface area contributed by atoms with Crippen molar-refractivity contribution in [1.29, 1.82) is 0 Å². The van der Waals surface area contributed by atoms with Gasteiger partial charge < -0.3 is 14.4 Å². The molecule has 2 heterocycles. The highest BCUT2D eigenvalue weighted by atomic mass is 16.5. The number of hydrazone groups is 1. The zero-order valence-electron chi connectivity index (χ0n) is 17.2. The molecule has 0 aliphatic heterocycles. The average molecular weight is 425 g/mol. The van der Waals surface area contributed by atoms with Gasteiger partial charge in [0.1, 0.15) is 12.1 Å². The molecule has 1 amide bonds. The van der Waals surface area contributed by atoms with Crippen LogP contribution in [0, 0.1) is 0 Å². The van der Waals surface area contributed by atoms with E-state index in [2.05, 4.69) is 10.5 Å². The molecule has 158 valence electrons. The molecule has 2 aromatic heterocycles. The second-order valence-electron chi connectivity index (χ2n) is 7.21. The summed E-state index contributed by atoms with van der Waals surface area (Å²) >= 11 is 0. The largest absolute Gasteiger partial charge is 0.504 e. The molecule has 8 heteroatoms. The number of phenols is 1. The Morgan fingerprint density at radius 3 is 2.66 bits per heavy atom. The topological polar surface area (TPSA) is 102 Å². The van der Waals surface area contributed by atoms with Gasteiger partial charge in [-0.25, -0.2) is 15.4 Å². The van der Waals surface area contributed by atoms with Gasteiger partial charge in [0, 0.05) is 5.39 Å². The molecule has 2 N–H and O–H groups in total. The fraction of sp³-hybridized carbons (Fsp3) is 0.0833. The predicted molar refractivity (Wildman–Crippen MR) is 123 cm³/mol. The fourth-order valence-corrected chi connectivity index (χ4v) is 3.68. The van der Waals surface area contributed by atoms with E-state index in [1.807, 2.05) is 53.1 Å². The van der Waals surface area contributed by atoms with Crippen LogP contribution in [0.5, 0.6) is 11.5 Å². The normalized spacial score (nSPS) is 11.5. The number of nitrogens with zero attached hydrogens (tertiary/aromatic N) is 4. The van der Waals surface area contributed by atoms with E-state index < -0.39 is 0 Å². The Morgan fingerprint density at radius 1 is 1.09 bits per heavy atom. The minimum absolute atomic E-state index is 0.0350. The Balaban J connectivity index is 1.45. The van der Waals surface area contributed by atoms with Gasteiger partial charge in [0.05, 0.1) is 29.9 Å². The minimum Gasteiger partial charge on any atom is -0.504 e. The van der Waals surface area contributed by atoms with Crippen molar-refractivity contribution in [3.63, 3.8) is 0 Å². The van der Waals surface area contributed by atoms with Crippen molar-refractivity contribution in [2.24, 2.45) is 5.10 Å². The van der Waals surface area contributed by atoms with Gasteiger partial charge >= 0.3 is 0 Å². The summed E-state index contributed by atoms with van der Waals surface area (Å²) in [7, 11) is 1.47. The zero-order valence-corrected chi connectivity index (χ0v) is 17.2. The quantitative estimate of drug-likeness (QED) is 0.331. The van der Waals surface area contributed by atoms with Crippen LogP contribution in [0.2, 0.25) is 0 Å². The minimum atomic E-state index is -0.301. The maximum atomic E-state index is 12.7. The Hall–Kier alpha value is -4.46. The molecule has 32 heavy (non-hydrogen) atoms. The third-order valence-corrected chi connectivity index (χ3v) is 5.17. The van der Waals surface area contributed by atoms with Crippen LogP contribution in [0.25, 0.3) is 33.1 Å². The van der Waals surface area contributed by atoms with Gasteiger partial charge in [-0.15, -0.1) is 0 Å². The number of fused-ring (bicyclic) bond motifs is 4. The SMILES string of the molecule is COc1cc(/C=N/NC(=O)Cn2c3ccccc3c3nc4ccccc4nc32)ccc1O. The van der Waals surface area contributed by atoms with Crippen LogP contribution in [-0.2, 0) is 11.3 Å². The summed E-state index contributed by atoms with van der Waals surface area (Å²) in [6.45, 7) is 0.0350. The van der Waals surface area contributed by atoms with E-state index in [1.165, 1.54) is 19.4 Å². The van der Waals surface area contributed by atoms with E-state index in [-0.39, 0.29) is 18.2 Å². The second-order valence-corrected chi connectivity index (χ2v) is 7.21. The van der Waals surface area contributed by atoms with Crippen molar-refractivity contribution in [2.75, 3.05) is 7.11 Å². The molecule has 0 saturated carbocycles. The highest BCUT2D eigenvalue weighted by Crippen LogP contribution is 2.28. The van der Waals surface area contributed by atoms with Crippen molar-refractivity contribution >= 4 is 45.2 Å². The summed E-state index contributed by atoms with van der Waals surface area (Å²) in [5, 5.41) is 14.6. The molecule has 0 unspecified atom stereocenters. The van der Waals surface area contributed by atoms with Gasteiger partial charge in [0.25, 0.3) is 5.91 Å².